The minimum absolute atomic E-state index is 0.126. The van der Waals surface area contributed by atoms with Crippen LogP contribution in [0, 0.1) is 17.4 Å². The van der Waals surface area contributed by atoms with Crippen molar-refractivity contribution < 1.29 is 0 Å². The third kappa shape index (κ3) is 2.87. The Hall–Kier alpha value is -0.580. The highest BCUT2D eigenvalue weighted by Gasteiger charge is 2.12. The Morgan fingerprint density at radius 1 is 1.11 bits per heavy atom. The first-order chi connectivity index (χ1) is 8.49. The van der Waals surface area contributed by atoms with Crippen LogP contribution in [0.2, 0.25) is 5.02 Å². The molecular formula is C15H15ClIN. The molecule has 18 heavy (non-hydrogen) atoms. The second kappa shape index (κ2) is 5.59. The van der Waals surface area contributed by atoms with E-state index in [2.05, 4.69) is 54.6 Å². The minimum atomic E-state index is -0.126. The Labute approximate surface area is 126 Å². The molecule has 2 rings (SSSR count). The van der Waals surface area contributed by atoms with E-state index in [0.29, 0.717) is 0 Å². The molecule has 0 aromatic heterocycles. The van der Waals surface area contributed by atoms with Gasteiger partial charge in [-0.15, -0.1) is 0 Å². The molecule has 1 nitrogen and oxygen atoms in total. The first-order valence-corrected chi connectivity index (χ1v) is 7.22. The Morgan fingerprint density at radius 2 is 1.83 bits per heavy atom. The lowest BCUT2D eigenvalue weighted by atomic mass is 9.94. The molecule has 1 unspecified atom stereocenters. The quantitative estimate of drug-likeness (QED) is 0.767. The van der Waals surface area contributed by atoms with Gasteiger partial charge in [0.05, 0.1) is 11.1 Å². The zero-order chi connectivity index (χ0) is 13.3. The lowest BCUT2D eigenvalue weighted by Crippen LogP contribution is -2.13. The second-order valence-electron chi connectivity index (χ2n) is 4.51. The number of nitrogens with two attached hydrogens (primary N) is 1. The highest BCUT2D eigenvalue weighted by molar-refractivity contribution is 14.1. The number of halogens is 2. The van der Waals surface area contributed by atoms with Gasteiger partial charge in [0.15, 0.2) is 0 Å². The summed E-state index contributed by atoms with van der Waals surface area (Å²) < 4.78 is 1.05. The van der Waals surface area contributed by atoms with E-state index in [0.717, 1.165) is 19.7 Å². The third-order valence-corrected chi connectivity index (χ3v) is 4.64. The summed E-state index contributed by atoms with van der Waals surface area (Å²) in [5, 5.41) is 0.758. The van der Waals surface area contributed by atoms with Crippen LogP contribution in [0.25, 0.3) is 0 Å². The van der Waals surface area contributed by atoms with Crippen LogP contribution in [0.1, 0.15) is 28.3 Å². The lowest BCUT2D eigenvalue weighted by Gasteiger charge is -2.16. The maximum atomic E-state index is 6.34. The van der Waals surface area contributed by atoms with Crippen molar-refractivity contribution in [2.75, 3.05) is 0 Å². The first kappa shape index (κ1) is 13.8. The zero-order valence-electron chi connectivity index (χ0n) is 10.4. The maximum Gasteiger partial charge on any atom is 0.0554 e. The summed E-state index contributed by atoms with van der Waals surface area (Å²) in [5.41, 5.74) is 11.0. The molecule has 1 atom stereocenters. The predicted molar refractivity (Wildman–Crippen MR) is 86.1 cm³/mol. The molecule has 3 heteroatoms. The number of hydrogen-bond acceptors (Lipinski definition) is 1. The molecule has 0 saturated carbocycles. The van der Waals surface area contributed by atoms with Crippen LogP contribution in [-0.2, 0) is 0 Å². The van der Waals surface area contributed by atoms with E-state index in [1.54, 1.807) is 0 Å². The average molecular weight is 372 g/mol. The topological polar surface area (TPSA) is 26.0 Å². The molecule has 0 heterocycles. The average Bonchev–Trinajstić information content (AvgIpc) is 2.35. The van der Waals surface area contributed by atoms with Gasteiger partial charge in [-0.1, -0.05) is 41.4 Å². The van der Waals surface area contributed by atoms with Crippen LogP contribution in [-0.4, -0.2) is 0 Å². The fourth-order valence-corrected chi connectivity index (χ4v) is 2.50. The molecule has 2 aromatic rings. The van der Waals surface area contributed by atoms with Gasteiger partial charge in [-0.3, -0.25) is 0 Å². The fourth-order valence-electron chi connectivity index (χ4n) is 1.98. The Kier molecular flexibility index (Phi) is 4.30. The Bertz CT molecular complexity index is 581. The van der Waals surface area contributed by atoms with Crippen molar-refractivity contribution in [2.45, 2.75) is 19.9 Å². The lowest BCUT2D eigenvalue weighted by molar-refractivity contribution is 0.859. The molecule has 0 saturated heterocycles. The summed E-state index contributed by atoms with van der Waals surface area (Å²) in [7, 11) is 0. The van der Waals surface area contributed by atoms with E-state index in [1.807, 2.05) is 18.2 Å². The summed E-state index contributed by atoms with van der Waals surface area (Å²) in [6.07, 6.45) is 0. The van der Waals surface area contributed by atoms with Crippen LogP contribution >= 0.6 is 34.2 Å². The first-order valence-electron chi connectivity index (χ1n) is 5.76. The van der Waals surface area contributed by atoms with Crippen molar-refractivity contribution in [3.8, 4) is 0 Å². The van der Waals surface area contributed by atoms with Gasteiger partial charge in [0.25, 0.3) is 0 Å². The van der Waals surface area contributed by atoms with Crippen molar-refractivity contribution in [2.24, 2.45) is 5.73 Å². The molecule has 2 N–H and O–H groups in total. The van der Waals surface area contributed by atoms with Crippen molar-refractivity contribution in [3.63, 3.8) is 0 Å². The molecule has 0 radical (unpaired) electrons. The molecule has 0 aliphatic rings. The molecule has 0 fully saturated rings. The molecule has 0 aliphatic carbocycles. The van der Waals surface area contributed by atoms with Gasteiger partial charge in [-0.2, -0.15) is 0 Å². The van der Waals surface area contributed by atoms with Crippen molar-refractivity contribution >= 4 is 34.2 Å². The summed E-state index contributed by atoms with van der Waals surface area (Å²) in [4.78, 5) is 0. The molecule has 0 amide bonds. The Morgan fingerprint density at radius 3 is 2.50 bits per heavy atom. The zero-order valence-corrected chi connectivity index (χ0v) is 13.3. The van der Waals surface area contributed by atoms with Crippen LogP contribution in [0.15, 0.2) is 36.4 Å². The SMILES string of the molecule is Cc1ccc(C)c(C(N)c2ccc(I)c(Cl)c2)c1. The molecule has 0 bridgehead atoms. The van der Waals surface area contributed by atoms with Gasteiger partial charge in [0.1, 0.15) is 0 Å². The maximum absolute atomic E-state index is 6.34. The van der Waals surface area contributed by atoms with E-state index in [4.69, 9.17) is 17.3 Å². The van der Waals surface area contributed by atoms with E-state index in [1.165, 1.54) is 11.1 Å². The van der Waals surface area contributed by atoms with E-state index >= 15 is 0 Å². The smallest absolute Gasteiger partial charge is 0.0554 e. The molecule has 0 aliphatic heterocycles. The van der Waals surface area contributed by atoms with Crippen LogP contribution in [0.4, 0.5) is 0 Å². The van der Waals surface area contributed by atoms with E-state index in [9.17, 15) is 0 Å². The fraction of sp³-hybridized carbons (Fsp3) is 0.200. The van der Waals surface area contributed by atoms with E-state index in [-0.39, 0.29) is 6.04 Å². The van der Waals surface area contributed by atoms with Crippen molar-refractivity contribution in [1.82, 2.24) is 0 Å². The van der Waals surface area contributed by atoms with Crippen molar-refractivity contribution in [1.29, 1.82) is 0 Å². The van der Waals surface area contributed by atoms with Gasteiger partial charge in [-0.05, 0) is 65.3 Å². The highest BCUT2D eigenvalue weighted by Crippen LogP contribution is 2.27. The molecule has 2 aromatic carbocycles. The summed E-state index contributed by atoms with van der Waals surface area (Å²) in [6.45, 7) is 4.17. The summed E-state index contributed by atoms with van der Waals surface area (Å²) in [6, 6.07) is 12.2. The Balaban J connectivity index is 2.44. The van der Waals surface area contributed by atoms with Crippen LogP contribution < -0.4 is 5.73 Å². The van der Waals surface area contributed by atoms with Gasteiger partial charge < -0.3 is 5.73 Å². The van der Waals surface area contributed by atoms with Gasteiger partial charge in [-0.25, -0.2) is 0 Å². The van der Waals surface area contributed by atoms with Gasteiger partial charge in [0, 0.05) is 3.57 Å². The van der Waals surface area contributed by atoms with Gasteiger partial charge in [0.2, 0.25) is 0 Å². The highest BCUT2D eigenvalue weighted by atomic mass is 127. The minimum Gasteiger partial charge on any atom is -0.320 e. The predicted octanol–water partition coefficient (Wildman–Crippen LogP) is 4.61. The number of hydrogen-bond donors (Lipinski definition) is 1. The van der Waals surface area contributed by atoms with Crippen molar-refractivity contribution in [3.05, 3.63) is 67.2 Å². The standard InChI is InChI=1S/C15H15ClIN/c1-9-3-4-10(2)12(7-9)15(18)11-5-6-14(17)13(16)8-11/h3-8,15H,18H2,1-2H3. The number of benzene rings is 2. The monoisotopic (exact) mass is 371 g/mol. The molecular weight excluding hydrogens is 357 g/mol. The number of rotatable bonds is 2. The third-order valence-electron chi connectivity index (χ3n) is 3.07. The normalized spacial score (nSPS) is 12.5. The van der Waals surface area contributed by atoms with Gasteiger partial charge >= 0.3 is 0 Å². The molecule has 0 spiro atoms. The number of aryl methyl sites for hydroxylation is 2. The second-order valence-corrected chi connectivity index (χ2v) is 6.08. The largest absolute Gasteiger partial charge is 0.320 e. The summed E-state index contributed by atoms with van der Waals surface area (Å²) >= 11 is 8.37. The van der Waals surface area contributed by atoms with E-state index < -0.39 is 0 Å². The van der Waals surface area contributed by atoms with Crippen LogP contribution in [0.3, 0.4) is 0 Å². The summed E-state index contributed by atoms with van der Waals surface area (Å²) in [5.74, 6) is 0. The molecule has 94 valence electrons. The van der Waals surface area contributed by atoms with Crippen LogP contribution in [0.5, 0.6) is 0 Å².